The third-order valence-electron chi connectivity index (χ3n) is 3.11. The van der Waals surface area contributed by atoms with Crippen LogP contribution in [0.4, 0.5) is 4.39 Å². The summed E-state index contributed by atoms with van der Waals surface area (Å²) in [6.45, 7) is 1.47. The lowest BCUT2D eigenvalue weighted by Crippen LogP contribution is -2.36. The van der Waals surface area contributed by atoms with Crippen LogP contribution in [-0.2, 0) is 16.4 Å². The molecule has 6 heteroatoms. The van der Waals surface area contributed by atoms with E-state index in [2.05, 4.69) is 10.0 Å². The van der Waals surface area contributed by atoms with Crippen LogP contribution in [0, 0.1) is 5.82 Å². The van der Waals surface area contributed by atoms with Crippen molar-refractivity contribution < 1.29 is 12.8 Å². The highest BCUT2D eigenvalue weighted by Crippen LogP contribution is 2.09. The van der Waals surface area contributed by atoms with Crippen LogP contribution >= 0.6 is 0 Å². The molecule has 0 saturated carbocycles. The highest BCUT2D eigenvalue weighted by atomic mass is 32.2. The lowest BCUT2D eigenvalue weighted by molar-refractivity contribution is 0.565. The van der Waals surface area contributed by atoms with E-state index in [1.807, 2.05) is 0 Å². The molecule has 0 aromatic heterocycles. The van der Waals surface area contributed by atoms with Crippen LogP contribution in [0.2, 0.25) is 0 Å². The standard InChI is InChI=1S/C12H17FN2O2S/c13-12-4-2-1-3-10(12)5-8-15-18(16,17)11-6-7-14-9-11/h1-4,11,14-15H,5-9H2. The largest absolute Gasteiger partial charge is 0.315 e. The molecule has 2 rings (SSSR count). The molecule has 0 radical (unpaired) electrons. The van der Waals surface area contributed by atoms with Gasteiger partial charge in [-0.2, -0.15) is 0 Å². The molecule has 1 atom stereocenters. The molecule has 0 spiro atoms. The second-order valence-electron chi connectivity index (χ2n) is 4.40. The van der Waals surface area contributed by atoms with E-state index in [1.54, 1.807) is 18.2 Å². The zero-order valence-electron chi connectivity index (χ0n) is 10.0. The maximum absolute atomic E-state index is 13.3. The van der Waals surface area contributed by atoms with Gasteiger partial charge in [0, 0.05) is 13.1 Å². The molecule has 1 aliphatic rings. The molecule has 0 bridgehead atoms. The predicted molar refractivity (Wildman–Crippen MR) is 68.3 cm³/mol. The molecule has 0 aliphatic carbocycles. The molecule has 1 heterocycles. The van der Waals surface area contributed by atoms with E-state index in [0.29, 0.717) is 24.9 Å². The van der Waals surface area contributed by atoms with Crippen molar-refractivity contribution >= 4 is 10.0 Å². The lowest BCUT2D eigenvalue weighted by atomic mass is 10.1. The minimum absolute atomic E-state index is 0.236. The van der Waals surface area contributed by atoms with E-state index >= 15 is 0 Å². The summed E-state index contributed by atoms with van der Waals surface area (Å²) >= 11 is 0. The second kappa shape index (κ2) is 5.77. The summed E-state index contributed by atoms with van der Waals surface area (Å²) in [5.41, 5.74) is 0.532. The second-order valence-corrected chi connectivity index (χ2v) is 6.44. The third-order valence-corrected chi connectivity index (χ3v) is 5.00. The topological polar surface area (TPSA) is 58.2 Å². The monoisotopic (exact) mass is 272 g/mol. The van der Waals surface area contributed by atoms with E-state index in [0.717, 1.165) is 6.54 Å². The van der Waals surface area contributed by atoms with Crippen molar-refractivity contribution in [1.29, 1.82) is 0 Å². The Morgan fingerprint density at radius 1 is 1.39 bits per heavy atom. The first-order valence-electron chi connectivity index (χ1n) is 6.02. The van der Waals surface area contributed by atoms with E-state index in [1.165, 1.54) is 6.07 Å². The smallest absolute Gasteiger partial charge is 0.215 e. The zero-order chi connectivity index (χ0) is 13.0. The third kappa shape index (κ3) is 3.28. The minimum atomic E-state index is -3.28. The Kier molecular flexibility index (Phi) is 4.31. The van der Waals surface area contributed by atoms with Crippen molar-refractivity contribution in [3.8, 4) is 0 Å². The Labute approximate surface area is 107 Å². The molecule has 1 fully saturated rings. The van der Waals surface area contributed by atoms with Crippen LogP contribution in [-0.4, -0.2) is 33.3 Å². The molecule has 2 N–H and O–H groups in total. The van der Waals surface area contributed by atoms with E-state index < -0.39 is 10.0 Å². The van der Waals surface area contributed by atoms with Crippen molar-refractivity contribution in [2.24, 2.45) is 0 Å². The number of hydrogen-bond donors (Lipinski definition) is 2. The van der Waals surface area contributed by atoms with Crippen LogP contribution in [0.3, 0.4) is 0 Å². The van der Waals surface area contributed by atoms with Gasteiger partial charge in [0.25, 0.3) is 0 Å². The quantitative estimate of drug-likeness (QED) is 0.827. The summed E-state index contributed by atoms with van der Waals surface area (Å²) in [7, 11) is -3.28. The molecular weight excluding hydrogens is 255 g/mol. The average molecular weight is 272 g/mol. The fourth-order valence-corrected chi connectivity index (χ4v) is 3.43. The van der Waals surface area contributed by atoms with Crippen molar-refractivity contribution in [3.05, 3.63) is 35.6 Å². The fraction of sp³-hybridized carbons (Fsp3) is 0.500. The van der Waals surface area contributed by atoms with Crippen LogP contribution < -0.4 is 10.0 Å². The zero-order valence-corrected chi connectivity index (χ0v) is 10.8. The summed E-state index contributed by atoms with van der Waals surface area (Å²) in [5, 5.41) is 2.65. The van der Waals surface area contributed by atoms with Gasteiger partial charge < -0.3 is 5.32 Å². The summed E-state index contributed by atoms with van der Waals surface area (Å²) in [4.78, 5) is 0. The van der Waals surface area contributed by atoms with Gasteiger partial charge in [0.15, 0.2) is 0 Å². The minimum Gasteiger partial charge on any atom is -0.315 e. The molecule has 1 aliphatic heterocycles. The van der Waals surface area contributed by atoms with Crippen LogP contribution in [0.15, 0.2) is 24.3 Å². The highest BCUT2D eigenvalue weighted by Gasteiger charge is 2.27. The normalized spacial score (nSPS) is 20.2. The first-order valence-corrected chi connectivity index (χ1v) is 7.57. The molecule has 4 nitrogen and oxygen atoms in total. The van der Waals surface area contributed by atoms with Gasteiger partial charge in [-0.1, -0.05) is 18.2 Å². The van der Waals surface area contributed by atoms with Crippen LogP contribution in [0.1, 0.15) is 12.0 Å². The Bertz CT molecular complexity index is 499. The number of nitrogens with one attached hydrogen (secondary N) is 2. The maximum atomic E-state index is 13.3. The van der Waals surface area contributed by atoms with Crippen molar-refractivity contribution in [2.45, 2.75) is 18.1 Å². The summed E-state index contributed by atoms with van der Waals surface area (Å²) < 4.78 is 39.6. The Morgan fingerprint density at radius 3 is 2.83 bits per heavy atom. The van der Waals surface area contributed by atoms with Crippen molar-refractivity contribution in [2.75, 3.05) is 19.6 Å². The van der Waals surface area contributed by atoms with Crippen LogP contribution in [0.5, 0.6) is 0 Å². The number of hydrogen-bond acceptors (Lipinski definition) is 3. The highest BCUT2D eigenvalue weighted by molar-refractivity contribution is 7.90. The first-order chi connectivity index (χ1) is 8.59. The van der Waals surface area contributed by atoms with Crippen molar-refractivity contribution in [3.63, 3.8) is 0 Å². The summed E-state index contributed by atoms with van der Waals surface area (Å²) in [5.74, 6) is -0.292. The number of halogens is 1. The van der Waals surface area contributed by atoms with Gasteiger partial charge in [-0.05, 0) is 31.0 Å². The predicted octanol–water partition coefficient (Wildman–Crippen LogP) is 0.649. The van der Waals surface area contributed by atoms with Gasteiger partial charge in [0.2, 0.25) is 10.0 Å². The van der Waals surface area contributed by atoms with Gasteiger partial charge in [-0.25, -0.2) is 17.5 Å². The van der Waals surface area contributed by atoms with Gasteiger partial charge >= 0.3 is 0 Å². The molecule has 1 saturated heterocycles. The SMILES string of the molecule is O=S(=O)(NCCc1ccccc1F)C1CCNC1. The Hall–Kier alpha value is -0.980. The van der Waals surface area contributed by atoms with Gasteiger partial charge in [-0.3, -0.25) is 0 Å². The van der Waals surface area contributed by atoms with Crippen LogP contribution in [0.25, 0.3) is 0 Å². The van der Waals surface area contributed by atoms with Gasteiger partial charge in [0.1, 0.15) is 5.82 Å². The molecule has 1 aromatic carbocycles. The maximum Gasteiger partial charge on any atom is 0.215 e. The lowest BCUT2D eigenvalue weighted by Gasteiger charge is -2.11. The summed E-state index contributed by atoms with van der Waals surface area (Å²) in [6, 6.07) is 6.41. The molecular formula is C12H17FN2O2S. The molecule has 18 heavy (non-hydrogen) atoms. The van der Waals surface area contributed by atoms with E-state index in [9.17, 15) is 12.8 Å². The van der Waals surface area contributed by atoms with Gasteiger partial charge in [-0.15, -0.1) is 0 Å². The van der Waals surface area contributed by atoms with E-state index in [4.69, 9.17) is 0 Å². The number of sulfonamides is 1. The van der Waals surface area contributed by atoms with E-state index in [-0.39, 0.29) is 17.6 Å². The average Bonchev–Trinajstić information content (AvgIpc) is 2.86. The Morgan fingerprint density at radius 2 is 2.17 bits per heavy atom. The number of rotatable bonds is 5. The molecule has 1 aromatic rings. The Balaban J connectivity index is 1.87. The van der Waals surface area contributed by atoms with Gasteiger partial charge in [0.05, 0.1) is 5.25 Å². The molecule has 1 unspecified atom stereocenters. The summed E-state index contributed by atoms with van der Waals surface area (Å²) in [6.07, 6.45) is 1.00. The molecule has 0 amide bonds. The van der Waals surface area contributed by atoms with Crippen molar-refractivity contribution in [1.82, 2.24) is 10.0 Å². The first kappa shape index (κ1) is 13.5. The fourth-order valence-electron chi connectivity index (χ4n) is 2.04. The molecule has 100 valence electrons. The number of benzene rings is 1.